The summed E-state index contributed by atoms with van der Waals surface area (Å²) in [5.74, 6) is 0.942. The average molecular weight is 397 g/mol. The molecular weight excluding hydrogens is 364 g/mol. The minimum absolute atomic E-state index is 0.0407. The van der Waals surface area contributed by atoms with E-state index in [1.165, 1.54) is 5.56 Å². The number of aryl methyl sites for hydroxylation is 1. The Balaban J connectivity index is 1.68. The van der Waals surface area contributed by atoms with Gasteiger partial charge in [-0.25, -0.2) is 4.98 Å². The molecule has 0 radical (unpaired) electrons. The zero-order valence-corrected chi connectivity index (χ0v) is 17.9. The van der Waals surface area contributed by atoms with Crippen LogP contribution in [0, 0.1) is 6.92 Å². The van der Waals surface area contributed by atoms with Gasteiger partial charge >= 0.3 is 0 Å². The first-order valence-corrected chi connectivity index (χ1v) is 10.2. The van der Waals surface area contributed by atoms with E-state index < -0.39 is 6.10 Å². The Bertz CT molecular complexity index is 831. The van der Waals surface area contributed by atoms with E-state index in [1.807, 2.05) is 19.1 Å². The molecule has 0 bridgehead atoms. The van der Waals surface area contributed by atoms with Crippen LogP contribution in [0.2, 0.25) is 0 Å². The third kappa shape index (κ3) is 6.27. The van der Waals surface area contributed by atoms with Crippen molar-refractivity contribution in [2.45, 2.75) is 52.3 Å². The van der Waals surface area contributed by atoms with Crippen molar-refractivity contribution in [3.63, 3.8) is 0 Å². The van der Waals surface area contributed by atoms with Gasteiger partial charge in [-0.05, 0) is 45.4 Å². The lowest BCUT2D eigenvalue weighted by Gasteiger charge is -2.31. The lowest BCUT2D eigenvalue weighted by Crippen LogP contribution is -2.42. The smallest absolute Gasteiger partial charge is 0.144 e. The van der Waals surface area contributed by atoms with Crippen LogP contribution in [0.5, 0.6) is 0 Å². The number of pyridine rings is 1. The van der Waals surface area contributed by atoms with Crippen molar-refractivity contribution < 1.29 is 9.94 Å². The molecule has 0 saturated carbocycles. The molecular formula is C23H32N4O2. The molecule has 156 valence electrons. The van der Waals surface area contributed by atoms with E-state index in [0.717, 1.165) is 42.3 Å². The van der Waals surface area contributed by atoms with Crippen LogP contribution in [0.3, 0.4) is 0 Å². The zero-order chi connectivity index (χ0) is 20.9. The summed E-state index contributed by atoms with van der Waals surface area (Å²) in [6.45, 7) is 10.5. The van der Waals surface area contributed by atoms with Crippen LogP contribution in [0.15, 0.2) is 47.6 Å². The Morgan fingerprint density at radius 2 is 1.97 bits per heavy atom. The van der Waals surface area contributed by atoms with Crippen LogP contribution in [0.1, 0.15) is 44.0 Å². The Labute approximate surface area is 173 Å². The minimum Gasteiger partial charge on any atom is -0.393 e. The quantitative estimate of drug-likeness (QED) is 0.703. The number of benzene rings is 1. The summed E-state index contributed by atoms with van der Waals surface area (Å²) in [6, 6.07) is 14.5. The molecule has 1 aliphatic rings. The second kappa shape index (κ2) is 9.37. The molecule has 0 spiro atoms. The van der Waals surface area contributed by atoms with Gasteiger partial charge in [-0.2, -0.15) is 0 Å². The van der Waals surface area contributed by atoms with Gasteiger partial charge in [-0.3, -0.25) is 0 Å². The van der Waals surface area contributed by atoms with E-state index >= 15 is 0 Å². The maximum absolute atomic E-state index is 10.1. The molecule has 2 heterocycles. The highest BCUT2D eigenvalue weighted by molar-refractivity contribution is 6.06. The van der Waals surface area contributed by atoms with E-state index in [0.29, 0.717) is 6.54 Å². The van der Waals surface area contributed by atoms with Crippen LogP contribution in [0.4, 0.5) is 5.82 Å². The fourth-order valence-corrected chi connectivity index (χ4v) is 3.23. The van der Waals surface area contributed by atoms with Crippen LogP contribution in [0.25, 0.3) is 0 Å². The van der Waals surface area contributed by atoms with Gasteiger partial charge in [0.05, 0.1) is 5.71 Å². The van der Waals surface area contributed by atoms with Gasteiger partial charge in [0, 0.05) is 42.9 Å². The van der Waals surface area contributed by atoms with E-state index in [4.69, 9.17) is 9.82 Å². The molecule has 0 amide bonds. The molecule has 6 nitrogen and oxygen atoms in total. The topological polar surface area (TPSA) is 70.0 Å². The Kier molecular flexibility index (Phi) is 6.87. The van der Waals surface area contributed by atoms with Gasteiger partial charge in [0.2, 0.25) is 0 Å². The standard InChI is InChI=1S/C23H32N4O2/c1-17-10-11-20-21(26-29-16-19(28)14-24-23(2,3)4)12-13-27(22(20)25-17)15-18-8-6-5-7-9-18/h5-11,19,24,28H,12-16H2,1-4H3/b26-21+. The van der Waals surface area contributed by atoms with Gasteiger partial charge < -0.3 is 20.2 Å². The largest absolute Gasteiger partial charge is 0.393 e. The van der Waals surface area contributed by atoms with Crippen molar-refractivity contribution in [1.82, 2.24) is 10.3 Å². The SMILES string of the molecule is Cc1ccc2c(n1)N(Cc1ccccc1)CC/C2=N\OCC(O)CNC(C)(C)C. The molecule has 0 aliphatic carbocycles. The Hall–Kier alpha value is -2.44. The lowest BCUT2D eigenvalue weighted by molar-refractivity contribution is 0.0371. The van der Waals surface area contributed by atoms with Crippen molar-refractivity contribution in [2.75, 3.05) is 24.6 Å². The first-order chi connectivity index (χ1) is 13.8. The monoisotopic (exact) mass is 396 g/mol. The van der Waals surface area contributed by atoms with E-state index in [-0.39, 0.29) is 12.1 Å². The summed E-state index contributed by atoms with van der Waals surface area (Å²) in [7, 11) is 0. The molecule has 2 aromatic rings. The summed E-state index contributed by atoms with van der Waals surface area (Å²) in [5.41, 5.74) is 4.08. The molecule has 1 atom stereocenters. The number of aliphatic hydroxyl groups is 1. The zero-order valence-electron chi connectivity index (χ0n) is 17.9. The molecule has 1 aromatic carbocycles. The molecule has 6 heteroatoms. The number of anilines is 1. The molecule has 29 heavy (non-hydrogen) atoms. The number of β-amino-alcohol motifs (C(OH)–C–C–N with tert-alkyl or cyclic N) is 1. The minimum atomic E-state index is -0.604. The number of nitrogens with one attached hydrogen (secondary N) is 1. The van der Waals surface area contributed by atoms with Crippen molar-refractivity contribution >= 4 is 11.5 Å². The summed E-state index contributed by atoms with van der Waals surface area (Å²) >= 11 is 0. The Morgan fingerprint density at radius 1 is 1.21 bits per heavy atom. The van der Waals surface area contributed by atoms with Crippen molar-refractivity contribution in [2.24, 2.45) is 5.16 Å². The second-order valence-corrected chi connectivity index (χ2v) is 8.60. The lowest BCUT2D eigenvalue weighted by atomic mass is 10.0. The fraction of sp³-hybridized carbons (Fsp3) is 0.478. The molecule has 0 fully saturated rings. The van der Waals surface area contributed by atoms with E-state index in [9.17, 15) is 5.11 Å². The highest BCUT2D eigenvalue weighted by Gasteiger charge is 2.24. The maximum atomic E-state index is 10.1. The fourth-order valence-electron chi connectivity index (χ4n) is 3.23. The number of aliphatic hydroxyl groups excluding tert-OH is 1. The van der Waals surface area contributed by atoms with Crippen LogP contribution < -0.4 is 10.2 Å². The summed E-state index contributed by atoms with van der Waals surface area (Å²) in [6.07, 6.45) is 0.174. The van der Waals surface area contributed by atoms with Gasteiger partial charge in [-0.1, -0.05) is 35.5 Å². The van der Waals surface area contributed by atoms with Crippen molar-refractivity contribution in [3.8, 4) is 0 Å². The maximum Gasteiger partial charge on any atom is 0.144 e. The van der Waals surface area contributed by atoms with Crippen molar-refractivity contribution in [1.29, 1.82) is 0 Å². The van der Waals surface area contributed by atoms with Gasteiger partial charge in [-0.15, -0.1) is 0 Å². The van der Waals surface area contributed by atoms with Crippen LogP contribution >= 0.6 is 0 Å². The highest BCUT2D eigenvalue weighted by atomic mass is 16.6. The normalized spacial score (nSPS) is 16.6. The number of oxime groups is 1. The number of aromatic nitrogens is 1. The molecule has 1 aromatic heterocycles. The number of nitrogens with zero attached hydrogens (tertiary/aromatic N) is 3. The first-order valence-electron chi connectivity index (χ1n) is 10.2. The second-order valence-electron chi connectivity index (χ2n) is 8.60. The summed E-state index contributed by atoms with van der Waals surface area (Å²) in [5, 5.41) is 17.7. The Morgan fingerprint density at radius 3 is 2.69 bits per heavy atom. The van der Waals surface area contributed by atoms with Crippen molar-refractivity contribution in [3.05, 3.63) is 59.3 Å². The number of rotatable bonds is 7. The third-order valence-electron chi connectivity index (χ3n) is 4.77. The summed E-state index contributed by atoms with van der Waals surface area (Å²) < 4.78 is 0. The average Bonchev–Trinajstić information content (AvgIpc) is 2.68. The molecule has 3 rings (SSSR count). The third-order valence-corrected chi connectivity index (χ3v) is 4.77. The van der Waals surface area contributed by atoms with E-state index in [1.54, 1.807) is 0 Å². The van der Waals surface area contributed by atoms with E-state index in [2.05, 4.69) is 66.5 Å². The van der Waals surface area contributed by atoms with Gasteiger partial charge in [0.1, 0.15) is 18.5 Å². The molecule has 1 aliphatic heterocycles. The molecule has 1 unspecified atom stereocenters. The number of fused-ring (bicyclic) bond motifs is 1. The molecule has 2 N–H and O–H groups in total. The van der Waals surface area contributed by atoms with Gasteiger partial charge in [0.15, 0.2) is 0 Å². The predicted molar refractivity (Wildman–Crippen MR) is 117 cm³/mol. The first kappa shape index (κ1) is 21.3. The predicted octanol–water partition coefficient (Wildman–Crippen LogP) is 3.27. The number of hydrogen-bond donors (Lipinski definition) is 2. The summed E-state index contributed by atoms with van der Waals surface area (Å²) in [4.78, 5) is 12.6. The van der Waals surface area contributed by atoms with Crippen LogP contribution in [-0.4, -0.2) is 47.1 Å². The molecule has 0 saturated heterocycles. The van der Waals surface area contributed by atoms with Crippen LogP contribution in [-0.2, 0) is 11.4 Å². The van der Waals surface area contributed by atoms with Gasteiger partial charge in [0.25, 0.3) is 0 Å². The number of hydrogen-bond acceptors (Lipinski definition) is 6. The highest BCUT2D eigenvalue weighted by Crippen LogP contribution is 2.27.